The Morgan fingerprint density at radius 3 is 2.50 bits per heavy atom. The van der Waals surface area contributed by atoms with Crippen LogP contribution in [0.2, 0.25) is 5.02 Å². The van der Waals surface area contributed by atoms with Crippen molar-refractivity contribution in [1.82, 2.24) is 0 Å². The maximum absolute atomic E-state index is 13.5. The second-order valence-corrected chi connectivity index (χ2v) is 9.15. The summed E-state index contributed by atoms with van der Waals surface area (Å²) < 4.78 is 32.6. The zero-order valence-corrected chi connectivity index (χ0v) is 17.2. The number of rotatable bonds is 5. The van der Waals surface area contributed by atoms with Crippen LogP contribution in [0.3, 0.4) is 0 Å². The molecule has 28 heavy (non-hydrogen) atoms. The van der Waals surface area contributed by atoms with Crippen molar-refractivity contribution in [3.05, 3.63) is 53.7 Å². The maximum Gasteiger partial charge on any atom is 0.214 e. The fraction of sp³-hybridized carbons (Fsp3) is 0.286. The van der Waals surface area contributed by atoms with E-state index < -0.39 is 9.84 Å². The highest BCUT2D eigenvalue weighted by Gasteiger charge is 2.30. The van der Waals surface area contributed by atoms with Crippen LogP contribution in [0.15, 0.2) is 58.5 Å². The number of anilines is 1. The Morgan fingerprint density at radius 2 is 1.82 bits per heavy atom. The maximum atomic E-state index is 13.5. The summed E-state index contributed by atoms with van der Waals surface area (Å²) in [6.45, 7) is 4.15. The Hall–Kier alpha value is -2.31. The molecule has 4 rings (SSSR count). The highest BCUT2D eigenvalue weighted by molar-refractivity contribution is 7.91. The number of nitrogens with one attached hydrogen (secondary N) is 1. The van der Waals surface area contributed by atoms with Gasteiger partial charge in [0.1, 0.15) is 5.75 Å². The van der Waals surface area contributed by atoms with Gasteiger partial charge >= 0.3 is 0 Å². The van der Waals surface area contributed by atoms with Crippen molar-refractivity contribution in [1.29, 1.82) is 0 Å². The monoisotopic (exact) mass is 417 g/mol. The van der Waals surface area contributed by atoms with Gasteiger partial charge in [0.15, 0.2) is 11.1 Å². The average Bonchev–Trinajstić information content (AvgIpc) is 3.22. The predicted octanol–water partition coefficient (Wildman–Crippen LogP) is 4.14. The predicted molar refractivity (Wildman–Crippen MR) is 110 cm³/mol. The number of aromatic amines is 1. The highest BCUT2D eigenvalue weighted by atomic mass is 35.5. The van der Waals surface area contributed by atoms with Gasteiger partial charge in [-0.05, 0) is 56.2 Å². The Labute approximate surface area is 169 Å². The number of benzene rings is 2. The van der Waals surface area contributed by atoms with Crippen LogP contribution in [-0.2, 0) is 9.84 Å². The Morgan fingerprint density at radius 1 is 1.11 bits per heavy atom. The first-order valence-electron chi connectivity index (χ1n) is 9.37. The number of pyridine rings is 1. The third-order valence-corrected chi connectivity index (χ3v) is 7.02. The molecular formula is C21H22ClN2O3S+. The first-order chi connectivity index (χ1) is 13.5. The van der Waals surface area contributed by atoms with E-state index in [-0.39, 0.29) is 9.79 Å². The molecule has 1 aliphatic heterocycles. The molecule has 0 saturated carbocycles. The fourth-order valence-electron chi connectivity index (χ4n) is 3.66. The van der Waals surface area contributed by atoms with Gasteiger partial charge in [-0.3, -0.25) is 0 Å². The molecular weight excluding hydrogens is 396 g/mol. The van der Waals surface area contributed by atoms with E-state index in [0.29, 0.717) is 11.6 Å². The van der Waals surface area contributed by atoms with Crippen LogP contribution in [0.1, 0.15) is 19.8 Å². The minimum absolute atomic E-state index is 0.228. The molecule has 1 fully saturated rings. The number of fused-ring (bicyclic) bond motifs is 1. The van der Waals surface area contributed by atoms with E-state index in [9.17, 15) is 8.42 Å². The van der Waals surface area contributed by atoms with E-state index in [2.05, 4.69) is 9.88 Å². The summed E-state index contributed by atoms with van der Waals surface area (Å²) in [5.74, 6) is 0.727. The molecule has 1 aliphatic rings. The van der Waals surface area contributed by atoms with Crippen LogP contribution in [-0.4, -0.2) is 28.1 Å². The SMILES string of the molecule is CCOc1ccc2[nH+]cc(S(=O)(=O)c3ccc(Cl)cc3)c(N3CCCC3)c2c1. The first kappa shape index (κ1) is 19.0. The molecule has 0 amide bonds. The van der Waals surface area contributed by atoms with Crippen LogP contribution in [0, 0.1) is 0 Å². The van der Waals surface area contributed by atoms with Crippen molar-refractivity contribution in [2.24, 2.45) is 0 Å². The molecule has 0 aliphatic carbocycles. The number of H-pyrrole nitrogens is 1. The topological polar surface area (TPSA) is 60.8 Å². The van der Waals surface area contributed by atoms with Crippen molar-refractivity contribution in [2.75, 3.05) is 24.6 Å². The summed E-state index contributed by atoms with van der Waals surface area (Å²) in [6, 6.07) is 12.0. The van der Waals surface area contributed by atoms with Crippen molar-refractivity contribution in [2.45, 2.75) is 29.6 Å². The van der Waals surface area contributed by atoms with Crippen LogP contribution in [0.4, 0.5) is 5.69 Å². The lowest BCUT2D eigenvalue weighted by molar-refractivity contribution is -0.347. The van der Waals surface area contributed by atoms with Crippen LogP contribution < -0.4 is 14.6 Å². The van der Waals surface area contributed by atoms with Crippen molar-refractivity contribution >= 4 is 38.0 Å². The van der Waals surface area contributed by atoms with E-state index >= 15 is 0 Å². The van der Waals surface area contributed by atoms with E-state index in [1.54, 1.807) is 30.5 Å². The van der Waals surface area contributed by atoms with E-state index in [1.807, 2.05) is 25.1 Å². The summed E-state index contributed by atoms with van der Waals surface area (Å²) in [6.07, 6.45) is 3.69. The van der Waals surface area contributed by atoms with Gasteiger partial charge in [0.2, 0.25) is 15.4 Å². The van der Waals surface area contributed by atoms with Crippen molar-refractivity contribution < 1.29 is 18.1 Å². The smallest absolute Gasteiger partial charge is 0.214 e. The molecule has 2 heterocycles. The Kier molecular flexibility index (Phi) is 5.17. The second-order valence-electron chi connectivity index (χ2n) is 6.79. The third-order valence-electron chi connectivity index (χ3n) is 4.99. The quantitative estimate of drug-likeness (QED) is 0.626. The zero-order chi connectivity index (χ0) is 19.7. The van der Waals surface area contributed by atoms with Crippen molar-refractivity contribution in [3.8, 4) is 5.75 Å². The number of aromatic nitrogens is 1. The van der Waals surface area contributed by atoms with Gasteiger partial charge in [-0.15, -0.1) is 0 Å². The Bertz CT molecular complexity index is 1110. The minimum Gasteiger partial charge on any atom is -0.494 e. The number of sulfone groups is 1. The molecule has 1 saturated heterocycles. The number of hydrogen-bond donors (Lipinski definition) is 0. The van der Waals surface area contributed by atoms with Crippen molar-refractivity contribution in [3.63, 3.8) is 0 Å². The standard InChI is InChI=1S/C21H21ClN2O3S/c1-2-27-16-7-10-19-18(13-16)21(24-11-3-4-12-24)20(14-23-19)28(25,26)17-8-5-15(22)6-9-17/h5-10,13-14H,2-4,11-12H2,1H3/p+1. The minimum atomic E-state index is -3.71. The van der Waals surface area contributed by atoms with E-state index in [4.69, 9.17) is 16.3 Å². The normalized spacial score (nSPS) is 14.6. The molecule has 0 spiro atoms. The van der Waals surface area contributed by atoms with Gasteiger partial charge < -0.3 is 9.64 Å². The number of ether oxygens (including phenoxy) is 1. The van der Waals surface area contributed by atoms with Gasteiger partial charge in [-0.25, -0.2) is 13.4 Å². The number of hydrogen-bond acceptors (Lipinski definition) is 4. The van der Waals surface area contributed by atoms with E-state index in [0.717, 1.165) is 48.3 Å². The summed E-state index contributed by atoms with van der Waals surface area (Å²) in [5, 5.41) is 1.35. The summed E-state index contributed by atoms with van der Waals surface area (Å²) >= 11 is 5.94. The molecule has 0 bridgehead atoms. The number of nitrogens with zero attached hydrogens (tertiary/aromatic N) is 1. The first-order valence-corrected chi connectivity index (χ1v) is 11.2. The van der Waals surface area contributed by atoms with Crippen LogP contribution in [0.25, 0.3) is 10.9 Å². The van der Waals surface area contributed by atoms with E-state index in [1.165, 1.54) is 0 Å². The molecule has 2 aromatic carbocycles. The zero-order valence-electron chi connectivity index (χ0n) is 15.6. The molecule has 5 nitrogen and oxygen atoms in total. The van der Waals surface area contributed by atoms with Gasteiger partial charge in [0.25, 0.3) is 0 Å². The second kappa shape index (κ2) is 7.60. The largest absolute Gasteiger partial charge is 0.494 e. The summed E-state index contributed by atoms with van der Waals surface area (Å²) in [7, 11) is -3.71. The van der Waals surface area contributed by atoms with Gasteiger partial charge in [-0.1, -0.05) is 11.6 Å². The summed E-state index contributed by atoms with van der Waals surface area (Å²) in [4.78, 5) is 5.82. The fourth-order valence-corrected chi connectivity index (χ4v) is 5.24. The highest BCUT2D eigenvalue weighted by Crippen LogP contribution is 2.37. The molecule has 7 heteroatoms. The lowest BCUT2D eigenvalue weighted by atomic mass is 10.1. The number of halogens is 1. The van der Waals surface area contributed by atoms with Crippen LogP contribution >= 0.6 is 11.6 Å². The molecule has 3 aromatic rings. The van der Waals surface area contributed by atoms with Gasteiger partial charge in [0, 0.05) is 24.2 Å². The van der Waals surface area contributed by atoms with Gasteiger partial charge in [0.05, 0.1) is 22.6 Å². The molecule has 1 N–H and O–H groups in total. The molecule has 0 atom stereocenters. The third kappa shape index (κ3) is 3.42. The molecule has 146 valence electrons. The molecule has 0 radical (unpaired) electrons. The average molecular weight is 418 g/mol. The van der Waals surface area contributed by atoms with Crippen LogP contribution in [0.5, 0.6) is 5.75 Å². The lowest BCUT2D eigenvalue weighted by Gasteiger charge is -2.21. The lowest BCUT2D eigenvalue weighted by Crippen LogP contribution is -2.23. The summed E-state index contributed by atoms with van der Waals surface area (Å²) in [5.41, 5.74) is 1.61. The molecule has 0 unspecified atom stereocenters. The van der Waals surface area contributed by atoms with Gasteiger partial charge in [-0.2, -0.15) is 0 Å². The Balaban J connectivity index is 1.96. The molecule has 1 aromatic heterocycles.